The van der Waals surface area contributed by atoms with Gasteiger partial charge in [-0.05, 0) is 35.0 Å². The number of aromatic nitrogens is 1. The van der Waals surface area contributed by atoms with Gasteiger partial charge in [0.1, 0.15) is 0 Å². The highest BCUT2D eigenvalue weighted by Gasteiger charge is 2.09. The Balaban J connectivity index is 2.13. The van der Waals surface area contributed by atoms with Crippen molar-refractivity contribution in [2.24, 2.45) is 10.9 Å². The fourth-order valence-electron chi connectivity index (χ4n) is 2.17. The Morgan fingerprint density at radius 3 is 2.43 bits per heavy atom. The molecule has 0 unspecified atom stereocenters. The highest BCUT2D eigenvalue weighted by atomic mass is 32.2. The summed E-state index contributed by atoms with van der Waals surface area (Å²) in [6, 6.07) is 15.7. The quantitative estimate of drug-likeness (QED) is 0.336. The lowest BCUT2D eigenvalue weighted by Gasteiger charge is -2.10. The molecule has 104 valence electrons. The van der Waals surface area contributed by atoms with Crippen molar-refractivity contribution in [3.8, 4) is 0 Å². The van der Waals surface area contributed by atoms with Gasteiger partial charge in [-0.1, -0.05) is 41.2 Å². The van der Waals surface area contributed by atoms with Gasteiger partial charge in [0.15, 0.2) is 5.84 Å². The average Bonchev–Trinajstić information content (AvgIpc) is 2.55. The SMILES string of the molecule is N/C(=N/O)c1ccc(Sc2ccncc2)c2ccccc12. The number of hydrogen-bond donors (Lipinski definition) is 2. The summed E-state index contributed by atoms with van der Waals surface area (Å²) in [7, 11) is 0. The first-order valence-corrected chi connectivity index (χ1v) is 7.19. The molecule has 3 rings (SSSR count). The van der Waals surface area contributed by atoms with Gasteiger partial charge in [-0.2, -0.15) is 0 Å². The minimum atomic E-state index is 0.117. The molecule has 0 bridgehead atoms. The van der Waals surface area contributed by atoms with Crippen molar-refractivity contribution >= 4 is 28.4 Å². The van der Waals surface area contributed by atoms with Crippen LogP contribution < -0.4 is 5.73 Å². The first kappa shape index (κ1) is 13.5. The van der Waals surface area contributed by atoms with Gasteiger partial charge in [0.25, 0.3) is 0 Å². The molecule has 0 atom stereocenters. The largest absolute Gasteiger partial charge is 0.409 e. The lowest BCUT2D eigenvalue weighted by Crippen LogP contribution is -2.13. The van der Waals surface area contributed by atoms with Gasteiger partial charge in [-0.15, -0.1) is 0 Å². The average molecular weight is 295 g/mol. The van der Waals surface area contributed by atoms with Crippen LogP contribution in [0, 0.1) is 0 Å². The van der Waals surface area contributed by atoms with Crippen LogP contribution in [0.1, 0.15) is 5.56 Å². The molecule has 1 aromatic heterocycles. The Hall–Kier alpha value is -2.53. The van der Waals surface area contributed by atoms with Crippen LogP contribution in [0.2, 0.25) is 0 Å². The Bertz CT molecular complexity index is 803. The molecule has 0 aliphatic carbocycles. The minimum Gasteiger partial charge on any atom is -0.409 e. The van der Waals surface area contributed by atoms with Gasteiger partial charge in [-0.25, -0.2) is 0 Å². The van der Waals surface area contributed by atoms with E-state index in [2.05, 4.69) is 10.1 Å². The predicted octanol–water partition coefficient (Wildman–Crippen LogP) is 3.48. The molecule has 0 radical (unpaired) electrons. The van der Waals surface area contributed by atoms with Crippen LogP contribution in [0.5, 0.6) is 0 Å². The van der Waals surface area contributed by atoms with E-state index in [1.807, 2.05) is 48.5 Å². The van der Waals surface area contributed by atoms with Gasteiger partial charge < -0.3 is 10.9 Å². The molecule has 0 amide bonds. The maximum atomic E-state index is 8.90. The first-order chi connectivity index (χ1) is 10.3. The van der Waals surface area contributed by atoms with Gasteiger partial charge in [0.2, 0.25) is 0 Å². The summed E-state index contributed by atoms with van der Waals surface area (Å²) < 4.78 is 0. The van der Waals surface area contributed by atoms with E-state index >= 15 is 0 Å². The van der Waals surface area contributed by atoms with Crippen LogP contribution in [0.25, 0.3) is 10.8 Å². The van der Waals surface area contributed by atoms with Crippen molar-refractivity contribution < 1.29 is 5.21 Å². The van der Waals surface area contributed by atoms with E-state index in [-0.39, 0.29) is 5.84 Å². The lowest BCUT2D eigenvalue weighted by molar-refractivity contribution is 0.318. The minimum absolute atomic E-state index is 0.117. The topological polar surface area (TPSA) is 71.5 Å². The van der Waals surface area contributed by atoms with E-state index < -0.39 is 0 Å². The normalized spacial score (nSPS) is 11.7. The number of fused-ring (bicyclic) bond motifs is 1. The molecular weight excluding hydrogens is 282 g/mol. The number of pyridine rings is 1. The van der Waals surface area contributed by atoms with E-state index in [9.17, 15) is 0 Å². The predicted molar refractivity (Wildman–Crippen MR) is 84.8 cm³/mol. The molecule has 5 heteroatoms. The van der Waals surface area contributed by atoms with E-state index in [0.29, 0.717) is 0 Å². The number of benzene rings is 2. The molecule has 0 saturated carbocycles. The van der Waals surface area contributed by atoms with E-state index in [0.717, 1.165) is 26.1 Å². The van der Waals surface area contributed by atoms with Gasteiger partial charge in [-0.3, -0.25) is 4.98 Å². The zero-order chi connectivity index (χ0) is 14.7. The summed E-state index contributed by atoms with van der Waals surface area (Å²) in [6.45, 7) is 0. The van der Waals surface area contributed by atoms with Gasteiger partial charge in [0.05, 0.1) is 0 Å². The number of hydrogen-bond acceptors (Lipinski definition) is 4. The van der Waals surface area contributed by atoms with E-state index in [1.54, 1.807) is 24.2 Å². The third-order valence-electron chi connectivity index (χ3n) is 3.15. The molecule has 2 aromatic carbocycles. The number of amidine groups is 1. The lowest BCUT2D eigenvalue weighted by atomic mass is 10.0. The molecule has 0 saturated heterocycles. The van der Waals surface area contributed by atoms with Crippen LogP contribution in [0.15, 0.2) is 75.9 Å². The number of nitrogens with zero attached hydrogens (tertiary/aromatic N) is 2. The number of oxime groups is 1. The fraction of sp³-hybridized carbons (Fsp3) is 0. The Morgan fingerprint density at radius 2 is 1.71 bits per heavy atom. The van der Waals surface area contributed by atoms with Crippen LogP contribution in [0.4, 0.5) is 0 Å². The molecular formula is C16H13N3OS. The standard InChI is InChI=1S/C16H13N3OS/c17-16(19-20)14-5-6-15(13-4-2-1-3-12(13)14)21-11-7-9-18-10-8-11/h1-10,20H,(H2,17,19). The maximum absolute atomic E-state index is 8.90. The van der Waals surface area contributed by atoms with Crippen molar-refractivity contribution in [2.45, 2.75) is 9.79 Å². The smallest absolute Gasteiger partial charge is 0.170 e. The van der Waals surface area contributed by atoms with E-state index in [4.69, 9.17) is 10.9 Å². The monoisotopic (exact) mass is 295 g/mol. The second-order valence-corrected chi connectivity index (χ2v) is 5.54. The summed E-state index contributed by atoms with van der Waals surface area (Å²) in [5.74, 6) is 0.117. The van der Waals surface area contributed by atoms with Crippen molar-refractivity contribution in [2.75, 3.05) is 0 Å². The second-order valence-electron chi connectivity index (χ2n) is 4.43. The zero-order valence-corrected chi connectivity index (χ0v) is 11.9. The molecule has 0 aliphatic rings. The maximum Gasteiger partial charge on any atom is 0.170 e. The van der Waals surface area contributed by atoms with E-state index in [1.165, 1.54) is 0 Å². The van der Waals surface area contributed by atoms with Gasteiger partial charge >= 0.3 is 0 Å². The Morgan fingerprint density at radius 1 is 1.00 bits per heavy atom. The summed E-state index contributed by atoms with van der Waals surface area (Å²) in [4.78, 5) is 6.26. The zero-order valence-electron chi connectivity index (χ0n) is 11.1. The molecule has 21 heavy (non-hydrogen) atoms. The summed E-state index contributed by atoms with van der Waals surface area (Å²) in [5, 5.41) is 14.0. The molecule has 0 spiro atoms. The number of rotatable bonds is 3. The third-order valence-corrected chi connectivity index (χ3v) is 4.23. The van der Waals surface area contributed by atoms with Crippen LogP contribution in [-0.4, -0.2) is 16.0 Å². The van der Waals surface area contributed by atoms with Crippen molar-refractivity contribution in [1.29, 1.82) is 0 Å². The molecule has 0 fully saturated rings. The number of nitrogens with two attached hydrogens (primary N) is 1. The Kier molecular flexibility index (Phi) is 3.75. The van der Waals surface area contributed by atoms with Crippen molar-refractivity contribution in [3.05, 3.63) is 66.5 Å². The summed E-state index contributed by atoms with van der Waals surface area (Å²) in [6.07, 6.45) is 3.55. The third kappa shape index (κ3) is 2.68. The van der Waals surface area contributed by atoms with Crippen molar-refractivity contribution in [3.63, 3.8) is 0 Å². The molecule has 0 aliphatic heterocycles. The van der Waals surface area contributed by atoms with Crippen molar-refractivity contribution in [1.82, 2.24) is 4.98 Å². The molecule has 1 heterocycles. The highest BCUT2D eigenvalue weighted by Crippen LogP contribution is 2.34. The van der Waals surface area contributed by atoms with Crippen LogP contribution >= 0.6 is 11.8 Å². The van der Waals surface area contributed by atoms with Gasteiger partial charge in [0, 0.05) is 27.7 Å². The second kappa shape index (κ2) is 5.85. The highest BCUT2D eigenvalue weighted by molar-refractivity contribution is 7.99. The molecule has 3 N–H and O–H groups in total. The Labute approximate surface area is 126 Å². The summed E-state index contributed by atoms with van der Waals surface area (Å²) >= 11 is 1.66. The first-order valence-electron chi connectivity index (χ1n) is 6.37. The molecule has 4 nitrogen and oxygen atoms in total. The molecule has 3 aromatic rings. The van der Waals surface area contributed by atoms with Crippen LogP contribution in [-0.2, 0) is 0 Å². The van der Waals surface area contributed by atoms with Crippen LogP contribution in [0.3, 0.4) is 0 Å². The summed E-state index contributed by atoms with van der Waals surface area (Å²) in [5.41, 5.74) is 6.48. The fourth-order valence-corrected chi connectivity index (χ4v) is 3.11.